The van der Waals surface area contributed by atoms with Gasteiger partial charge < -0.3 is 10.1 Å². The molecule has 2 rings (SSSR count). The van der Waals surface area contributed by atoms with Crippen LogP contribution in [-0.2, 0) is 19.6 Å². The number of ether oxygens (including phenoxy) is 1. The number of para-hydroxylation sites is 1. The predicted molar refractivity (Wildman–Crippen MR) is 97.6 cm³/mol. The third kappa shape index (κ3) is 6.52. The van der Waals surface area contributed by atoms with E-state index in [-0.39, 0.29) is 11.3 Å². The highest BCUT2D eigenvalue weighted by Crippen LogP contribution is 2.17. The highest BCUT2D eigenvalue weighted by Gasteiger charge is 2.30. The summed E-state index contributed by atoms with van der Waals surface area (Å²) in [6.45, 7) is -0.573. The zero-order valence-electron chi connectivity index (χ0n) is 15.4. The van der Waals surface area contributed by atoms with Crippen LogP contribution in [0.3, 0.4) is 0 Å². The third-order valence-electron chi connectivity index (χ3n) is 3.63. The van der Waals surface area contributed by atoms with Gasteiger partial charge in [-0.05, 0) is 37.3 Å². The summed E-state index contributed by atoms with van der Waals surface area (Å²) in [5.41, 5.74) is -0.440. The lowest BCUT2D eigenvalue weighted by Gasteiger charge is -2.14. The van der Waals surface area contributed by atoms with Crippen molar-refractivity contribution in [3.05, 3.63) is 59.9 Å². The van der Waals surface area contributed by atoms with Crippen LogP contribution < -0.4 is 10.0 Å². The molecule has 12 heteroatoms. The van der Waals surface area contributed by atoms with E-state index in [9.17, 15) is 35.6 Å². The van der Waals surface area contributed by atoms with E-state index in [4.69, 9.17) is 4.74 Å². The molecule has 2 aromatic rings. The summed E-state index contributed by atoms with van der Waals surface area (Å²) in [5, 5.41) is 2.23. The van der Waals surface area contributed by atoms with Crippen LogP contribution in [0.1, 0.15) is 17.3 Å². The first-order chi connectivity index (χ1) is 13.9. The van der Waals surface area contributed by atoms with Crippen LogP contribution in [-0.4, -0.2) is 39.1 Å². The maximum atomic E-state index is 13.6. The third-order valence-corrected chi connectivity index (χ3v) is 5.03. The van der Waals surface area contributed by atoms with E-state index in [0.29, 0.717) is 0 Å². The van der Waals surface area contributed by atoms with Crippen molar-refractivity contribution in [2.45, 2.75) is 24.1 Å². The van der Waals surface area contributed by atoms with Gasteiger partial charge in [0.05, 0.1) is 16.1 Å². The Hall–Kier alpha value is -2.99. The van der Waals surface area contributed by atoms with E-state index in [1.807, 2.05) is 0 Å². The molecule has 0 spiro atoms. The van der Waals surface area contributed by atoms with Crippen molar-refractivity contribution in [3.63, 3.8) is 0 Å². The molecule has 7 nitrogen and oxygen atoms in total. The number of carbonyl (C=O) groups excluding carboxylic acids is 2. The first-order valence-corrected chi connectivity index (χ1v) is 9.80. The molecule has 0 unspecified atom stereocenters. The van der Waals surface area contributed by atoms with Gasteiger partial charge in [-0.25, -0.2) is 22.3 Å². The Morgan fingerprint density at radius 2 is 1.77 bits per heavy atom. The molecule has 0 saturated heterocycles. The molecule has 0 radical (unpaired) electrons. The molecule has 0 aliphatic rings. The quantitative estimate of drug-likeness (QED) is 0.501. The highest BCUT2D eigenvalue weighted by atomic mass is 32.2. The van der Waals surface area contributed by atoms with Gasteiger partial charge >= 0.3 is 12.1 Å². The minimum atomic E-state index is -4.76. The molecule has 2 N–H and O–H groups in total. The first-order valence-electron chi connectivity index (χ1n) is 8.32. The number of hydrogen-bond acceptors (Lipinski definition) is 5. The van der Waals surface area contributed by atoms with E-state index in [0.717, 1.165) is 30.3 Å². The van der Waals surface area contributed by atoms with Crippen LogP contribution in [0.2, 0.25) is 0 Å². The number of amides is 1. The normalized spacial score (nSPS) is 12.8. The highest BCUT2D eigenvalue weighted by molar-refractivity contribution is 7.89. The van der Waals surface area contributed by atoms with Gasteiger partial charge in [-0.3, -0.25) is 4.79 Å². The van der Waals surface area contributed by atoms with Gasteiger partial charge in [0.25, 0.3) is 5.91 Å². The average Bonchev–Trinajstić information content (AvgIpc) is 2.67. The SMILES string of the molecule is C[C@H](OC(=O)c1cccc(S(=O)(=O)NCC(F)(F)F)c1)C(=O)Nc1ccccc1F. The Morgan fingerprint density at radius 3 is 2.40 bits per heavy atom. The molecule has 0 aliphatic heterocycles. The van der Waals surface area contributed by atoms with Crippen molar-refractivity contribution in [1.29, 1.82) is 0 Å². The number of nitrogens with one attached hydrogen (secondary N) is 2. The molecule has 1 amide bonds. The molecule has 30 heavy (non-hydrogen) atoms. The Kier molecular flexibility index (Phi) is 7.16. The van der Waals surface area contributed by atoms with Crippen LogP contribution in [0.5, 0.6) is 0 Å². The molecule has 2 aromatic carbocycles. The number of sulfonamides is 1. The van der Waals surface area contributed by atoms with Crippen LogP contribution in [0.15, 0.2) is 53.4 Å². The van der Waals surface area contributed by atoms with Crippen molar-refractivity contribution in [2.75, 3.05) is 11.9 Å². The first kappa shape index (κ1) is 23.3. The number of benzene rings is 2. The summed E-state index contributed by atoms with van der Waals surface area (Å²) in [6.07, 6.45) is -6.13. The molecule has 0 saturated carbocycles. The standard InChI is InChI=1S/C18H16F4N2O5S/c1-11(16(25)24-15-8-3-2-7-14(15)19)29-17(26)12-5-4-6-13(9-12)30(27,28)23-10-18(20,21)22/h2-9,11,23H,10H2,1H3,(H,24,25)/t11-/m0/s1. The van der Waals surface area contributed by atoms with Crippen LogP contribution in [0.4, 0.5) is 23.2 Å². The molecule has 0 bridgehead atoms. The maximum Gasteiger partial charge on any atom is 0.402 e. The van der Waals surface area contributed by atoms with Crippen LogP contribution in [0, 0.1) is 5.82 Å². The number of rotatable bonds is 7. The van der Waals surface area contributed by atoms with Gasteiger partial charge in [0, 0.05) is 0 Å². The van der Waals surface area contributed by atoms with Gasteiger partial charge in [-0.15, -0.1) is 0 Å². The second kappa shape index (κ2) is 9.22. The van der Waals surface area contributed by atoms with Gasteiger partial charge in [0.1, 0.15) is 12.4 Å². The number of esters is 1. The van der Waals surface area contributed by atoms with E-state index < -0.39 is 51.4 Å². The molecular weight excluding hydrogens is 432 g/mol. The smallest absolute Gasteiger partial charge is 0.402 e. The average molecular weight is 448 g/mol. The van der Waals surface area contributed by atoms with E-state index >= 15 is 0 Å². The molecule has 0 aromatic heterocycles. The number of hydrogen-bond donors (Lipinski definition) is 2. The minimum absolute atomic E-state index is 0.130. The van der Waals surface area contributed by atoms with E-state index in [2.05, 4.69) is 5.32 Å². The van der Waals surface area contributed by atoms with Crippen molar-refractivity contribution >= 4 is 27.6 Å². The summed E-state index contributed by atoms with van der Waals surface area (Å²) in [7, 11) is -4.54. The second-order valence-corrected chi connectivity index (χ2v) is 7.75. The Bertz CT molecular complexity index is 1040. The summed E-state index contributed by atoms with van der Waals surface area (Å²) < 4.78 is 80.5. The number of anilines is 1. The zero-order valence-corrected chi connectivity index (χ0v) is 16.2. The topological polar surface area (TPSA) is 102 Å². The summed E-state index contributed by atoms with van der Waals surface area (Å²) in [5.74, 6) is -2.64. The fourth-order valence-electron chi connectivity index (χ4n) is 2.13. The number of alkyl halides is 3. The molecule has 1 atom stereocenters. The maximum absolute atomic E-state index is 13.6. The largest absolute Gasteiger partial charge is 0.449 e. The van der Waals surface area contributed by atoms with Crippen molar-refractivity contribution < 1.29 is 40.3 Å². The number of carbonyl (C=O) groups is 2. The van der Waals surface area contributed by atoms with E-state index in [1.54, 1.807) is 0 Å². The van der Waals surface area contributed by atoms with Gasteiger partial charge in [0.2, 0.25) is 10.0 Å². The molecule has 0 aliphatic carbocycles. The molecule has 162 valence electrons. The Morgan fingerprint density at radius 1 is 1.10 bits per heavy atom. The van der Waals surface area contributed by atoms with Crippen LogP contribution in [0.25, 0.3) is 0 Å². The fourth-order valence-corrected chi connectivity index (χ4v) is 3.19. The predicted octanol–water partition coefficient (Wildman–Crippen LogP) is 2.85. The summed E-state index contributed by atoms with van der Waals surface area (Å²) in [4.78, 5) is 23.7. The Balaban J connectivity index is 2.07. The van der Waals surface area contributed by atoms with Crippen molar-refractivity contribution in [1.82, 2.24) is 4.72 Å². The summed E-state index contributed by atoms with van der Waals surface area (Å²) >= 11 is 0. The molecular formula is C18H16F4N2O5S. The van der Waals surface area contributed by atoms with Gasteiger partial charge in [-0.2, -0.15) is 13.2 Å². The van der Waals surface area contributed by atoms with Gasteiger partial charge in [-0.1, -0.05) is 18.2 Å². The number of halogens is 4. The van der Waals surface area contributed by atoms with Crippen LogP contribution >= 0.6 is 0 Å². The minimum Gasteiger partial charge on any atom is -0.449 e. The van der Waals surface area contributed by atoms with Crippen molar-refractivity contribution in [2.24, 2.45) is 0 Å². The summed E-state index contributed by atoms with van der Waals surface area (Å²) in [6, 6.07) is 9.39. The van der Waals surface area contributed by atoms with Gasteiger partial charge in [0.15, 0.2) is 6.10 Å². The van der Waals surface area contributed by atoms with Crippen molar-refractivity contribution in [3.8, 4) is 0 Å². The lowest BCUT2D eigenvalue weighted by atomic mass is 10.2. The molecule has 0 fully saturated rings. The fraction of sp³-hybridized carbons (Fsp3) is 0.222. The monoisotopic (exact) mass is 448 g/mol. The second-order valence-electron chi connectivity index (χ2n) is 5.98. The lowest BCUT2D eigenvalue weighted by molar-refractivity contribution is -0.124. The Labute approximate surface area is 169 Å². The zero-order chi connectivity index (χ0) is 22.5. The van der Waals surface area contributed by atoms with E-state index in [1.165, 1.54) is 29.8 Å². The molecule has 0 heterocycles. The lowest BCUT2D eigenvalue weighted by Crippen LogP contribution is -2.34.